The smallest absolute Gasteiger partial charge is 0.320 e. The van der Waals surface area contributed by atoms with Gasteiger partial charge in [-0.15, -0.1) is 0 Å². The van der Waals surface area contributed by atoms with Crippen LogP contribution in [0.2, 0.25) is 0 Å². The molecule has 0 unspecified atom stereocenters. The lowest BCUT2D eigenvalue weighted by Crippen LogP contribution is -2.49. The van der Waals surface area contributed by atoms with Gasteiger partial charge in [-0.1, -0.05) is 0 Å². The molecule has 1 heterocycles. The molecule has 1 saturated heterocycles. The van der Waals surface area contributed by atoms with Crippen molar-refractivity contribution in [3.63, 3.8) is 0 Å². The normalized spacial score (nSPS) is 17.0. The van der Waals surface area contributed by atoms with E-state index < -0.39 is 10.0 Å². The van der Waals surface area contributed by atoms with Crippen molar-refractivity contribution in [1.29, 1.82) is 0 Å². The van der Waals surface area contributed by atoms with Gasteiger partial charge in [0.05, 0.1) is 25.2 Å². The van der Waals surface area contributed by atoms with Crippen LogP contribution in [0.15, 0.2) is 29.2 Å². The largest absolute Gasteiger partial charge is 0.497 e. The van der Waals surface area contributed by atoms with Gasteiger partial charge in [0, 0.05) is 26.2 Å². The van der Waals surface area contributed by atoms with Crippen molar-refractivity contribution < 1.29 is 22.7 Å². The van der Waals surface area contributed by atoms with Crippen molar-refractivity contribution in [1.82, 2.24) is 9.21 Å². The molecule has 0 radical (unpaired) electrons. The molecule has 7 nitrogen and oxygen atoms in total. The van der Waals surface area contributed by atoms with Crippen molar-refractivity contribution >= 4 is 16.0 Å². The topological polar surface area (TPSA) is 76.2 Å². The molecule has 2 rings (SSSR count). The number of carbonyl (C=O) groups excluding carboxylic acids is 1. The van der Waals surface area contributed by atoms with E-state index in [4.69, 9.17) is 9.47 Å². The molecule has 1 aromatic rings. The molecule has 0 spiro atoms. The fraction of sp³-hybridized carbons (Fsp3) is 0.533. The number of piperazine rings is 1. The lowest BCUT2D eigenvalue weighted by molar-refractivity contribution is -0.144. The highest BCUT2D eigenvalue weighted by molar-refractivity contribution is 7.89. The number of rotatable bonds is 6. The highest BCUT2D eigenvalue weighted by Crippen LogP contribution is 2.20. The summed E-state index contributed by atoms with van der Waals surface area (Å²) in [5, 5.41) is 0. The summed E-state index contributed by atoms with van der Waals surface area (Å²) in [4.78, 5) is 13.6. The first-order valence-corrected chi connectivity index (χ1v) is 8.93. The van der Waals surface area contributed by atoms with Gasteiger partial charge < -0.3 is 9.47 Å². The van der Waals surface area contributed by atoms with E-state index in [2.05, 4.69) is 0 Å². The summed E-state index contributed by atoms with van der Waals surface area (Å²) in [7, 11) is -1.98. The highest BCUT2D eigenvalue weighted by Gasteiger charge is 2.29. The summed E-state index contributed by atoms with van der Waals surface area (Å²) in [6.07, 6.45) is 0. The third kappa shape index (κ3) is 4.43. The number of hydrogen-bond acceptors (Lipinski definition) is 6. The van der Waals surface area contributed by atoms with Gasteiger partial charge >= 0.3 is 5.97 Å². The first kappa shape index (κ1) is 17.7. The van der Waals surface area contributed by atoms with Gasteiger partial charge in [-0.2, -0.15) is 4.31 Å². The summed E-state index contributed by atoms with van der Waals surface area (Å²) in [5.74, 6) is 0.335. The van der Waals surface area contributed by atoms with Crippen LogP contribution < -0.4 is 4.74 Å². The molecule has 128 valence electrons. The monoisotopic (exact) mass is 342 g/mol. The van der Waals surface area contributed by atoms with Crippen LogP contribution >= 0.6 is 0 Å². The lowest BCUT2D eigenvalue weighted by atomic mass is 10.3. The van der Waals surface area contributed by atoms with E-state index in [-0.39, 0.29) is 17.4 Å². The minimum atomic E-state index is -3.51. The molecule has 1 aliphatic rings. The van der Waals surface area contributed by atoms with Gasteiger partial charge in [0.15, 0.2) is 0 Å². The zero-order valence-corrected chi connectivity index (χ0v) is 14.2. The first-order valence-electron chi connectivity index (χ1n) is 7.49. The van der Waals surface area contributed by atoms with E-state index in [1.54, 1.807) is 31.2 Å². The van der Waals surface area contributed by atoms with Crippen molar-refractivity contribution in [2.24, 2.45) is 0 Å². The van der Waals surface area contributed by atoms with E-state index in [0.29, 0.717) is 38.5 Å². The molecule has 0 N–H and O–H groups in total. The molecule has 8 heteroatoms. The molecule has 0 atom stereocenters. The quantitative estimate of drug-likeness (QED) is 0.704. The van der Waals surface area contributed by atoms with Crippen LogP contribution in [0.5, 0.6) is 5.75 Å². The van der Waals surface area contributed by atoms with Crippen molar-refractivity contribution in [2.75, 3.05) is 46.4 Å². The Bertz CT molecular complexity index is 622. The van der Waals surface area contributed by atoms with Gasteiger partial charge in [0.25, 0.3) is 0 Å². The maximum Gasteiger partial charge on any atom is 0.320 e. The number of carbonyl (C=O) groups is 1. The maximum absolute atomic E-state index is 12.6. The van der Waals surface area contributed by atoms with Gasteiger partial charge in [0.2, 0.25) is 10.0 Å². The van der Waals surface area contributed by atoms with Crippen LogP contribution in [0.25, 0.3) is 0 Å². The Kier molecular flexibility index (Phi) is 5.97. The van der Waals surface area contributed by atoms with Crippen molar-refractivity contribution in [2.45, 2.75) is 11.8 Å². The molecule has 23 heavy (non-hydrogen) atoms. The highest BCUT2D eigenvalue weighted by atomic mass is 32.2. The Labute approximate surface area is 136 Å². The molecular weight excluding hydrogens is 320 g/mol. The Morgan fingerprint density at radius 3 is 2.26 bits per heavy atom. The Hall–Kier alpha value is -1.64. The molecular formula is C15H22N2O5S. The second-order valence-corrected chi connectivity index (χ2v) is 7.10. The summed E-state index contributed by atoms with van der Waals surface area (Å²) >= 11 is 0. The molecule has 0 amide bonds. The average Bonchev–Trinajstić information content (AvgIpc) is 2.55. The van der Waals surface area contributed by atoms with Gasteiger partial charge in [-0.3, -0.25) is 9.69 Å². The molecule has 1 fully saturated rings. The van der Waals surface area contributed by atoms with Gasteiger partial charge in [0.1, 0.15) is 5.75 Å². The molecule has 1 aromatic carbocycles. The summed E-state index contributed by atoms with van der Waals surface area (Å²) in [5.41, 5.74) is 0. The van der Waals surface area contributed by atoms with E-state index in [9.17, 15) is 13.2 Å². The van der Waals surface area contributed by atoms with Crippen LogP contribution in [0.1, 0.15) is 6.92 Å². The van der Waals surface area contributed by atoms with E-state index in [0.717, 1.165) is 0 Å². The molecule has 0 saturated carbocycles. The van der Waals surface area contributed by atoms with Crippen LogP contribution in [-0.4, -0.2) is 70.0 Å². The van der Waals surface area contributed by atoms with Crippen LogP contribution in [-0.2, 0) is 19.6 Å². The fourth-order valence-corrected chi connectivity index (χ4v) is 3.84. The number of sulfonamides is 1. The predicted octanol–water partition coefficient (Wildman–Crippen LogP) is 0.565. The lowest BCUT2D eigenvalue weighted by Gasteiger charge is -2.33. The van der Waals surface area contributed by atoms with Crippen molar-refractivity contribution in [3.05, 3.63) is 24.3 Å². The average molecular weight is 342 g/mol. The maximum atomic E-state index is 12.6. The fourth-order valence-electron chi connectivity index (χ4n) is 2.41. The van der Waals surface area contributed by atoms with Gasteiger partial charge in [-0.25, -0.2) is 8.42 Å². The second kappa shape index (κ2) is 7.76. The van der Waals surface area contributed by atoms with E-state index >= 15 is 0 Å². The molecule has 0 bridgehead atoms. The second-order valence-electron chi connectivity index (χ2n) is 5.16. The Balaban J connectivity index is 1.96. The number of ether oxygens (including phenoxy) is 2. The summed E-state index contributed by atoms with van der Waals surface area (Å²) < 4.78 is 36.6. The van der Waals surface area contributed by atoms with Gasteiger partial charge in [-0.05, 0) is 31.2 Å². The predicted molar refractivity (Wildman–Crippen MR) is 84.8 cm³/mol. The zero-order valence-electron chi connectivity index (χ0n) is 13.4. The minimum absolute atomic E-state index is 0.199. The van der Waals surface area contributed by atoms with Crippen LogP contribution in [0, 0.1) is 0 Å². The molecule has 1 aliphatic heterocycles. The third-order valence-corrected chi connectivity index (χ3v) is 5.60. The SMILES string of the molecule is CCOC(=O)CN1CCN(S(=O)(=O)c2ccc(OC)cc2)CC1. The number of esters is 1. The minimum Gasteiger partial charge on any atom is -0.497 e. The van der Waals surface area contributed by atoms with Crippen molar-refractivity contribution in [3.8, 4) is 5.75 Å². The standard InChI is InChI=1S/C15H22N2O5S/c1-3-22-15(18)12-16-8-10-17(11-9-16)23(19,20)14-6-4-13(21-2)5-7-14/h4-7H,3,8-12H2,1-2H3. The third-order valence-electron chi connectivity index (χ3n) is 3.69. The Morgan fingerprint density at radius 2 is 1.74 bits per heavy atom. The van der Waals surface area contributed by atoms with Crippen LogP contribution in [0.4, 0.5) is 0 Å². The molecule has 0 aliphatic carbocycles. The molecule has 0 aromatic heterocycles. The summed E-state index contributed by atoms with van der Waals surface area (Å²) in [6, 6.07) is 6.34. The number of nitrogens with zero attached hydrogens (tertiary/aromatic N) is 2. The number of hydrogen-bond donors (Lipinski definition) is 0. The first-order chi connectivity index (χ1) is 11.0. The summed E-state index contributed by atoms with van der Waals surface area (Å²) in [6.45, 7) is 4.04. The zero-order chi connectivity index (χ0) is 16.9. The Morgan fingerprint density at radius 1 is 1.13 bits per heavy atom. The van der Waals surface area contributed by atoms with E-state index in [1.165, 1.54) is 11.4 Å². The number of benzene rings is 1. The number of methoxy groups -OCH3 is 1. The van der Waals surface area contributed by atoms with E-state index in [1.807, 2.05) is 4.90 Å². The van der Waals surface area contributed by atoms with Crippen LogP contribution in [0.3, 0.4) is 0 Å².